The standard InChI is InChI=1S/C26H42O3/c1-4-5-6-7-8-24(28)29-23-12-11-21-20-10-9-18-17-19(27)13-15-25(18,2)22(20)14-16-26(21,23)3/h18,20-23H,4-17H2,1-3H3/t18?,20-,21-,22+,23?,25-,26-/m0/s1. The lowest BCUT2D eigenvalue weighted by Gasteiger charge is -2.60. The molecule has 3 heteroatoms. The molecule has 0 N–H and O–H groups in total. The molecule has 4 aliphatic carbocycles. The molecule has 164 valence electrons. The summed E-state index contributed by atoms with van der Waals surface area (Å²) in [5, 5.41) is 0. The number of fused-ring (bicyclic) bond motifs is 5. The predicted octanol–water partition coefficient (Wildman–Crippen LogP) is 6.48. The Morgan fingerprint density at radius 2 is 1.76 bits per heavy atom. The van der Waals surface area contributed by atoms with Gasteiger partial charge in [0.1, 0.15) is 11.9 Å². The van der Waals surface area contributed by atoms with Gasteiger partial charge in [-0.15, -0.1) is 0 Å². The van der Waals surface area contributed by atoms with Crippen LogP contribution in [0, 0.1) is 34.5 Å². The number of Topliss-reactive ketones (excluding diaryl/α,β-unsaturated/α-hetero) is 1. The lowest BCUT2D eigenvalue weighted by atomic mass is 9.45. The number of hydrogen-bond acceptors (Lipinski definition) is 3. The Morgan fingerprint density at radius 3 is 2.55 bits per heavy atom. The van der Waals surface area contributed by atoms with E-state index in [1.807, 2.05) is 0 Å². The number of carbonyl (C=O) groups is 2. The first-order chi connectivity index (χ1) is 13.9. The highest BCUT2D eigenvalue weighted by Gasteiger charge is 2.61. The summed E-state index contributed by atoms with van der Waals surface area (Å²) in [4.78, 5) is 24.5. The van der Waals surface area contributed by atoms with Crippen LogP contribution in [0.25, 0.3) is 0 Å². The fourth-order valence-electron chi connectivity index (χ4n) is 8.10. The molecule has 0 spiro atoms. The summed E-state index contributed by atoms with van der Waals surface area (Å²) in [6, 6.07) is 0. The van der Waals surface area contributed by atoms with Crippen LogP contribution in [0.3, 0.4) is 0 Å². The third-order valence-corrected chi connectivity index (χ3v) is 9.90. The van der Waals surface area contributed by atoms with Crippen molar-refractivity contribution in [3.8, 4) is 0 Å². The van der Waals surface area contributed by atoms with Crippen molar-refractivity contribution in [2.24, 2.45) is 34.5 Å². The Labute approximate surface area is 177 Å². The van der Waals surface area contributed by atoms with Crippen LogP contribution in [0.5, 0.6) is 0 Å². The van der Waals surface area contributed by atoms with E-state index >= 15 is 0 Å². The van der Waals surface area contributed by atoms with Gasteiger partial charge in [-0.05, 0) is 80.5 Å². The quantitative estimate of drug-likeness (QED) is 0.377. The maximum absolute atomic E-state index is 12.5. The minimum Gasteiger partial charge on any atom is -0.462 e. The van der Waals surface area contributed by atoms with E-state index in [4.69, 9.17) is 4.74 Å². The first-order valence-corrected chi connectivity index (χ1v) is 12.6. The fourth-order valence-corrected chi connectivity index (χ4v) is 8.10. The minimum atomic E-state index is 0.0385. The van der Waals surface area contributed by atoms with Gasteiger partial charge in [-0.1, -0.05) is 40.0 Å². The summed E-state index contributed by atoms with van der Waals surface area (Å²) in [5.41, 5.74) is 0.542. The molecule has 0 aliphatic heterocycles. The maximum atomic E-state index is 12.5. The Bertz CT molecular complexity index is 627. The van der Waals surface area contributed by atoms with Crippen molar-refractivity contribution < 1.29 is 14.3 Å². The fraction of sp³-hybridized carbons (Fsp3) is 0.923. The molecule has 4 rings (SSSR count). The Kier molecular flexibility index (Phi) is 6.15. The van der Waals surface area contributed by atoms with Crippen molar-refractivity contribution >= 4 is 11.8 Å². The zero-order chi connectivity index (χ0) is 20.6. The first kappa shape index (κ1) is 21.4. The van der Waals surface area contributed by atoms with E-state index in [0.717, 1.165) is 50.4 Å². The molecule has 2 unspecified atom stereocenters. The van der Waals surface area contributed by atoms with Gasteiger partial charge < -0.3 is 4.74 Å². The van der Waals surface area contributed by atoms with Gasteiger partial charge in [0.15, 0.2) is 0 Å². The molecule has 0 aromatic heterocycles. The molecule has 7 atom stereocenters. The van der Waals surface area contributed by atoms with Crippen LogP contribution >= 0.6 is 0 Å². The van der Waals surface area contributed by atoms with E-state index in [1.165, 1.54) is 44.9 Å². The van der Waals surface area contributed by atoms with Crippen molar-refractivity contribution in [1.29, 1.82) is 0 Å². The van der Waals surface area contributed by atoms with Crippen LogP contribution in [0.2, 0.25) is 0 Å². The van der Waals surface area contributed by atoms with Gasteiger partial charge in [0.05, 0.1) is 0 Å². The maximum Gasteiger partial charge on any atom is 0.306 e. The van der Waals surface area contributed by atoms with Gasteiger partial charge in [0.25, 0.3) is 0 Å². The predicted molar refractivity (Wildman–Crippen MR) is 115 cm³/mol. The number of esters is 1. The van der Waals surface area contributed by atoms with Crippen molar-refractivity contribution in [2.45, 2.75) is 117 Å². The average molecular weight is 403 g/mol. The number of unbranched alkanes of at least 4 members (excludes halogenated alkanes) is 3. The molecule has 0 amide bonds. The molecule has 4 fully saturated rings. The zero-order valence-electron chi connectivity index (χ0n) is 19.0. The van der Waals surface area contributed by atoms with Crippen LogP contribution in [-0.4, -0.2) is 17.9 Å². The first-order valence-electron chi connectivity index (χ1n) is 12.6. The van der Waals surface area contributed by atoms with Gasteiger partial charge in [-0.25, -0.2) is 0 Å². The van der Waals surface area contributed by atoms with Gasteiger partial charge >= 0.3 is 5.97 Å². The van der Waals surface area contributed by atoms with Crippen LogP contribution in [-0.2, 0) is 14.3 Å². The van der Waals surface area contributed by atoms with Crippen molar-refractivity contribution in [3.63, 3.8) is 0 Å². The van der Waals surface area contributed by atoms with E-state index in [1.54, 1.807) is 0 Å². The molecular weight excluding hydrogens is 360 g/mol. The van der Waals surface area contributed by atoms with Gasteiger partial charge in [-0.2, -0.15) is 0 Å². The van der Waals surface area contributed by atoms with E-state index in [0.29, 0.717) is 29.5 Å². The second-order valence-corrected chi connectivity index (χ2v) is 11.3. The Hall–Kier alpha value is -0.860. The van der Waals surface area contributed by atoms with Gasteiger partial charge in [-0.3, -0.25) is 9.59 Å². The average Bonchev–Trinajstić information content (AvgIpc) is 3.02. The van der Waals surface area contributed by atoms with Crippen LogP contribution in [0.1, 0.15) is 111 Å². The van der Waals surface area contributed by atoms with Crippen LogP contribution < -0.4 is 0 Å². The molecule has 0 heterocycles. The molecule has 0 saturated heterocycles. The molecule has 0 aromatic carbocycles. The Morgan fingerprint density at radius 1 is 0.966 bits per heavy atom. The largest absolute Gasteiger partial charge is 0.462 e. The molecule has 0 radical (unpaired) electrons. The molecule has 3 nitrogen and oxygen atoms in total. The summed E-state index contributed by atoms with van der Waals surface area (Å²) < 4.78 is 6.11. The van der Waals surface area contributed by atoms with Gasteiger partial charge in [0, 0.05) is 24.7 Å². The topological polar surface area (TPSA) is 43.4 Å². The van der Waals surface area contributed by atoms with E-state index in [9.17, 15) is 9.59 Å². The molecule has 0 aromatic rings. The number of hydrogen-bond donors (Lipinski definition) is 0. The van der Waals surface area contributed by atoms with Crippen molar-refractivity contribution in [3.05, 3.63) is 0 Å². The number of carbonyl (C=O) groups excluding carboxylic acids is 2. The summed E-state index contributed by atoms with van der Waals surface area (Å²) in [6.07, 6.45) is 15.3. The van der Waals surface area contributed by atoms with Crippen molar-refractivity contribution in [2.75, 3.05) is 0 Å². The third kappa shape index (κ3) is 3.81. The summed E-state index contributed by atoms with van der Waals surface area (Å²) in [6.45, 7) is 7.13. The monoisotopic (exact) mass is 402 g/mol. The second kappa shape index (κ2) is 8.35. The van der Waals surface area contributed by atoms with Crippen LogP contribution in [0.4, 0.5) is 0 Å². The smallest absolute Gasteiger partial charge is 0.306 e. The minimum absolute atomic E-state index is 0.0385. The second-order valence-electron chi connectivity index (χ2n) is 11.3. The lowest BCUT2D eigenvalue weighted by molar-refractivity contribution is -0.164. The number of rotatable bonds is 6. The normalized spacial score (nSPS) is 44.0. The zero-order valence-corrected chi connectivity index (χ0v) is 19.0. The van der Waals surface area contributed by atoms with Crippen LogP contribution in [0.15, 0.2) is 0 Å². The summed E-state index contributed by atoms with van der Waals surface area (Å²) in [7, 11) is 0. The highest BCUT2D eigenvalue weighted by molar-refractivity contribution is 5.79. The van der Waals surface area contributed by atoms with E-state index < -0.39 is 0 Å². The molecule has 4 aliphatic rings. The molecule has 29 heavy (non-hydrogen) atoms. The van der Waals surface area contributed by atoms with E-state index in [-0.39, 0.29) is 17.5 Å². The lowest BCUT2D eigenvalue weighted by Crippen LogP contribution is -2.54. The van der Waals surface area contributed by atoms with E-state index in [2.05, 4.69) is 20.8 Å². The summed E-state index contributed by atoms with van der Waals surface area (Å²) in [5.74, 6) is 3.41. The third-order valence-electron chi connectivity index (χ3n) is 9.90. The molecular formula is C26H42O3. The number of ketones is 1. The highest BCUT2D eigenvalue weighted by Crippen LogP contribution is 2.66. The number of ether oxygens (including phenoxy) is 1. The SMILES string of the molecule is CCCCCCC(=O)OC1CC[C@H]2[C@@H]3CCC4CC(=O)CC[C@]4(C)[C@@H]3CC[C@]12C. The van der Waals surface area contributed by atoms with Gasteiger partial charge in [0.2, 0.25) is 0 Å². The van der Waals surface area contributed by atoms with Crippen molar-refractivity contribution in [1.82, 2.24) is 0 Å². The molecule has 0 bridgehead atoms. The highest BCUT2D eigenvalue weighted by atomic mass is 16.5. The Balaban J connectivity index is 1.41. The molecule has 4 saturated carbocycles. The summed E-state index contributed by atoms with van der Waals surface area (Å²) >= 11 is 0.